The van der Waals surface area contributed by atoms with Crippen molar-refractivity contribution in [2.45, 2.75) is 13.3 Å². The van der Waals surface area contributed by atoms with Gasteiger partial charge in [-0.3, -0.25) is 0 Å². The predicted octanol–water partition coefficient (Wildman–Crippen LogP) is 4.34. The molecule has 0 aliphatic carbocycles. The Bertz CT molecular complexity index is 516. The third-order valence-electron chi connectivity index (χ3n) is 2.43. The lowest BCUT2D eigenvalue weighted by molar-refractivity contribution is 1.11. The van der Waals surface area contributed by atoms with Crippen molar-refractivity contribution in [3.8, 4) is 0 Å². The topological polar surface area (TPSA) is 12.9 Å². The summed E-state index contributed by atoms with van der Waals surface area (Å²) in [5.41, 5.74) is 3.43. The monoisotopic (exact) mass is 249 g/mol. The second-order valence-electron chi connectivity index (χ2n) is 3.62. The fourth-order valence-electron chi connectivity index (χ4n) is 1.49. The highest BCUT2D eigenvalue weighted by Gasteiger charge is 2.04. The van der Waals surface area contributed by atoms with Crippen molar-refractivity contribution in [3.05, 3.63) is 57.0 Å². The predicted molar refractivity (Wildman–Crippen MR) is 71.2 cm³/mol. The Balaban J connectivity index is 2.26. The smallest absolute Gasteiger partial charge is 0.0976 e. The van der Waals surface area contributed by atoms with Crippen LogP contribution >= 0.6 is 22.9 Å². The van der Waals surface area contributed by atoms with Gasteiger partial charge in [-0.25, -0.2) is 4.98 Å². The largest absolute Gasteiger partial charge is 0.242 e. The normalized spacial score (nSPS) is 10.4. The minimum atomic E-state index is 0.779. The van der Waals surface area contributed by atoms with Crippen molar-refractivity contribution in [1.82, 2.24) is 4.98 Å². The fourth-order valence-corrected chi connectivity index (χ4v) is 2.49. The molecule has 0 N–H and O–H groups in total. The highest BCUT2D eigenvalue weighted by atomic mass is 35.5. The number of benzene rings is 1. The maximum Gasteiger partial charge on any atom is 0.0976 e. The van der Waals surface area contributed by atoms with Crippen LogP contribution in [0.1, 0.15) is 21.8 Å². The van der Waals surface area contributed by atoms with Crippen LogP contribution < -0.4 is 0 Å². The zero-order chi connectivity index (χ0) is 11.5. The molecule has 3 heteroatoms. The molecular formula is C13H12ClNS. The van der Waals surface area contributed by atoms with Gasteiger partial charge in [0.05, 0.1) is 10.7 Å². The summed E-state index contributed by atoms with van der Waals surface area (Å²) in [4.78, 5) is 4.45. The highest BCUT2D eigenvalue weighted by molar-refractivity contribution is 7.09. The Hall–Kier alpha value is -1.12. The van der Waals surface area contributed by atoms with Crippen molar-refractivity contribution in [3.63, 3.8) is 0 Å². The van der Waals surface area contributed by atoms with E-state index < -0.39 is 0 Å². The van der Waals surface area contributed by atoms with Crippen molar-refractivity contribution >= 4 is 29.0 Å². The Morgan fingerprint density at radius 2 is 2.31 bits per heavy atom. The first-order valence-electron chi connectivity index (χ1n) is 5.01. The first kappa shape index (κ1) is 11.4. The third-order valence-corrected chi connectivity index (χ3v) is 3.53. The van der Waals surface area contributed by atoms with E-state index in [1.807, 2.05) is 23.6 Å². The van der Waals surface area contributed by atoms with Crippen LogP contribution in [0.2, 0.25) is 5.02 Å². The van der Waals surface area contributed by atoms with Gasteiger partial charge in [0.2, 0.25) is 0 Å². The fraction of sp³-hybridized carbons (Fsp3) is 0.154. The number of aromatic nitrogens is 1. The maximum atomic E-state index is 5.98. The van der Waals surface area contributed by atoms with Gasteiger partial charge in [0, 0.05) is 16.8 Å². The first-order valence-corrected chi connectivity index (χ1v) is 6.26. The number of hydrogen-bond acceptors (Lipinski definition) is 2. The van der Waals surface area contributed by atoms with Gasteiger partial charge in [-0.15, -0.1) is 11.3 Å². The molecular weight excluding hydrogens is 238 g/mol. The molecule has 0 unspecified atom stereocenters. The van der Waals surface area contributed by atoms with E-state index in [2.05, 4.69) is 18.5 Å². The number of hydrogen-bond donors (Lipinski definition) is 0. The van der Waals surface area contributed by atoms with Crippen molar-refractivity contribution in [2.75, 3.05) is 0 Å². The van der Waals surface area contributed by atoms with Gasteiger partial charge in [-0.2, -0.15) is 0 Å². The molecule has 0 aliphatic heterocycles. The minimum Gasteiger partial charge on any atom is -0.242 e. The van der Waals surface area contributed by atoms with Gasteiger partial charge >= 0.3 is 0 Å². The van der Waals surface area contributed by atoms with E-state index in [4.69, 9.17) is 11.6 Å². The van der Waals surface area contributed by atoms with E-state index in [-0.39, 0.29) is 0 Å². The van der Waals surface area contributed by atoms with Crippen molar-refractivity contribution in [1.29, 1.82) is 0 Å². The number of thiazole rings is 1. The summed E-state index contributed by atoms with van der Waals surface area (Å²) in [5.74, 6) is 0. The summed E-state index contributed by atoms with van der Waals surface area (Å²) in [5, 5.41) is 3.89. The molecule has 0 atom stereocenters. The number of rotatable bonds is 3. The molecule has 0 spiro atoms. The van der Waals surface area contributed by atoms with Gasteiger partial charge in [0.15, 0.2) is 0 Å². The van der Waals surface area contributed by atoms with Gasteiger partial charge in [-0.05, 0) is 36.3 Å². The quantitative estimate of drug-likeness (QED) is 0.789. The second-order valence-corrected chi connectivity index (χ2v) is 5.00. The lowest BCUT2D eigenvalue weighted by atomic mass is 10.1. The summed E-state index contributed by atoms with van der Waals surface area (Å²) in [6.45, 7) is 5.80. The van der Waals surface area contributed by atoms with Crippen molar-refractivity contribution < 1.29 is 0 Å². The van der Waals surface area contributed by atoms with Crippen LogP contribution in [0, 0.1) is 6.92 Å². The second kappa shape index (κ2) is 4.81. The third kappa shape index (κ3) is 2.52. The molecule has 1 nitrogen and oxygen atoms in total. The minimum absolute atomic E-state index is 0.779. The van der Waals surface area contributed by atoms with Crippen LogP contribution in [0.4, 0.5) is 0 Å². The molecule has 0 bridgehead atoms. The Morgan fingerprint density at radius 1 is 1.50 bits per heavy atom. The molecule has 1 aromatic heterocycles. The van der Waals surface area contributed by atoms with E-state index in [0.717, 1.165) is 22.1 Å². The Labute approximate surface area is 104 Å². The summed E-state index contributed by atoms with van der Waals surface area (Å²) in [7, 11) is 0. The van der Waals surface area contributed by atoms with Crippen LogP contribution in [0.15, 0.2) is 30.2 Å². The molecule has 2 aromatic rings. The molecule has 0 radical (unpaired) electrons. The lowest BCUT2D eigenvalue weighted by Gasteiger charge is -2.03. The molecule has 0 fully saturated rings. The molecule has 1 heterocycles. The standard InChI is InChI=1S/C13H12ClNS/c1-3-12-8-16-13(15-12)7-10-6-11(14)5-4-9(10)2/h3-6,8H,1,7H2,2H3. The summed E-state index contributed by atoms with van der Waals surface area (Å²) in [6, 6.07) is 5.96. The van der Waals surface area contributed by atoms with Crippen LogP contribution in [-0.4, -0.2) is 4.98 Å². The molecule has 2 rings (SSSR count). The van der Waals surface area contributed by atoms with Crippen LogP contribution in [0.3, 0.4) is 0 Å². The van der Waals surface area contributed by atoms with Gasteiger partial charge < -0.3 is 0 Å². The SMILES string of the molecule is C=Cc1csc(Cc2cc(Cl)ccc2C)n1. The van der Waals surface area contributed by atoms with E-state index in [9.17, 15) is 0 Å². The summed E-state index contributed by atoms with van der Waals surface area (Å²) < 4.78 is 0. The van der Waals surface area contributed by atoms with Gasteiger partial charge in [-0.1, -0.05) is 24.2 Å². The molecule has 0 saturated carbocycles. The summed E-state index contributed by atoms with van der Waals surface area (Å²) in [6.07, 6.45) is 2.61. The maximum absolute atomic E-state index is 5.98. The van der Waals surface area contributed by atoms with Gasteiger partial charge in [0.25, 0.3) is 0 Å². The van der Waals surface area contributed by atoms with Crippen molar-refractivity contribution in [2.24, 2.45) is 0 Å². The Morgan fingerprint density at radius 3 is 3.00 bits per heavy atom. The number of nitrogens with zero attached hydrogens (tertiary/aromatic N) is 1. The summed E-state index contributed by atoms with van der Waals surface area (Å²) >= 11 is 7.64. The average Bonchev–Trinajstić information content (AvgIpc) is 2.71. The molecule has 0 aliphatic rings. The Kier molecular flexibility index (Phi) is 3.42. The van der Waals surface area contributed by atoms with E-state index >= 15 is 0 Å². The van der Waals surface area contributed by atoms with E-state index in [0.29, 0.717) is 0 Å². The average molecular weight is 250 g/mol. The van der Waals surface area contributed by atoms with Crippen LogP contribution in [-0.2, 0) is 6.42 Å². The van der Waals surface area contributed by atoms with Crippen LogP contribution in [0.5, 0.6) is 0 Å². The number of aryl methyl sites for hydroxylation is 1. The highest BCUT2D eigenvalue weighted by Crippen LogP contribution is 2.20. The van der Waals surface area contributed by atoms with Crippen LogP contribution in [0.25, 0.3) is 6.08 Å². The van der Waals surface area contributed by atoms with Gasteiger partial charge in [0.1, 0.15) is 0 Å². The molecule has 1 aromatic carbocycles. The lowest BCUT2D eigenvalue weighted by Crippen LogP contribution is -1.91. The molecule has 0 amide bonds. The van der Waals surface area contributed by atoms with E-state index in [1.165, 1.54) is 11.1 Å². The number of halogens is 1. The molecule has 16 heavy (non-hydrogen) atoms. The molecule has 82 valence electrons. The zero-order valence-electron chi connectivity index (χ0n) is 9.03. The first-order chi connectivity index (χ1) is 7.69. The molecule has 0 saturated heterocycles. The zero-order valence-corrected chi connectivity index (χ0v) is 10.6. The van der Waals surface area contributed by atoms with E-state index in [1.54, 1.807) is 17.4 Å².